The van der Waals surface area contributed by atoms with Crippen molar-refractivity contribution in [2.75, 3.05) is 26.4 Å². The molecule has 10 aliphatic rings. The third kappa shape index (κ3) is 10.8. The van der Waals surface area contributed by atoms with Gasteiger partial charge in [-0.3, -0.25) is 4.79 Å². The van der Waals surface area contributed by atoms with Crippen molar-refractivity contribution in [1.82, 2.24) is 0 Å². The molecule has 0 aromatic heterocycles. The van der Waals surface area contributed by atoms with Crippen LogP contribution >= 0.6 is 0 Å². The second kappa shape index (κ2) is 24.6. The van der Waals surface area contributed by atoms with Crippen LogP contribution in [-0.2, 0) is 52.2 Å². The molecule has 2 unspecified atom stereocenters. The lowest BCUT2D eigenvalue weighted by Crippen LogP contribution is -2.69. The topological polar surface area (TPSA) is 433 Å². The lowest BCUT2D eigenvalue weighted by molar-refractivity contribution is -0.475. The first kappa shape index (κ1) is 67.1. The maximum Gasteiger partial charge on any atom is 0.314 e. The molecule has 35 atom stereocenters. The van der Waals surface area contributed by atoms with Crippen LogP contribution in [-0.4, -0.2) is 267 Å². The summed E-state index contributed by atoms with van der Waals surface area (Å²) in [4.78, 5) is 15.2. The summed E-state index contributed by atoms with van der Waals surface area (Å²) in [5.74, 6) is -3.88. The summed E-state index contributed by atoms with van der Waals surface area (Å²) in [6, 6.07) is 0. The zero-order valence-corrected chi connectivity index (χ0v) is 50.0. The Labute approximate surface area is 499 Å². The standard InChI is InChI=1S/C59H96O27/c1-23(2)26-11-16-58(53(75)84-51-44(72)40(68)38(66)30(81-51)21-78-49-45(73)41(69)46(29(19-60)80-49)83-50-43(71)39(67)35(63)24(3)79-50)18-17-56(7)27(34(26)58)9-10-32-54(5)14-13-33(55(6,22-61)31(54)12-15-57(32,56)8)82-52-47(37(65)28(62)20-77-52)86-59(76)48(74)42(70)36(64)25(4)85-59/h24-52,60-74,76H,1,9-22H2,2-8H3/t24-,25-,26?,27+,28-,29+,30+,31+,32+,33-,34+,35-,36-,37-,38+,39+,40-,41+,42+,43+,44+,45+,46+,47+,48+,49+,50-,51-,52?,54-,55-,56+,57+,58-,59+/m0/s1. The molecule has 0 spiro atoms. The van der Waals surface area contributed by atoms with E-state index in [1.807, 2.05) is 13.8 Å². The van der Waals surface area contributed by atoms with Crippen LogP contribution in [0.3, 0.4) is 0 Å². The van der Waals surface area contributed by atoms with Crippen molar-refractivity contribution in [3.63, 3.8) is 0 Å². The van der Waals surface area contributed by atoms with Crippen LogP contribution in [0.1, 0.15) is 113 Å². The highest BCUT2D eigenvalue weighted by Gasteiger charge is 2.73. The third-order valence-corrected chi connectivity index (χ3v) is 23.7. The predicted octanol–water partition coefficient (Wildman–Crippen LogP) is -3.37. The summed E-state index contributed by atoms with van der Waals surface area (Å²) in [6.07, 6.45) is -32.6. The van der Waals surface area contributed by atoms with Gasteiger partial charge in [0.15, 0.2) is 25.0 Å². The Hall–Kier alpha value is -1.79. The van der Waals surface area contributed by atoms with Gasteiger partial charge in [0.1, 0.15) is 97.7 Å². The number of carbonyl (C=O) groups is 1. The number of hydrogen-bond acceptors (Lipinski definition) is 27. The monoisotopic (exact) mass is 1240 g/mol. The van der Waals surface area contributed by atoms with Crippen molar-refractivity contribution in [3.05, 3.63) is 12.2 Å². The van der Waals surface area contributed by atoms with Crippen LogP contribution < -0.4 is 0 Å². The number of allylic oxidation sites excluding steroid dienone is 1. The fourth-order valence-electron chi connectivity index (χ4n) is 18.5. The van der Waals surface area contributed by atoms with Crippen molar-refractivity contribution >= 4 is 5.97 Å². The number of rotatable bonds is 14. The minimum absolute atomic E-state index is 0.00612. The van der Waals surface area contributed by atoms with Gasteiger partial charge in [0, 0.05) is 5.41 Å². The quantitative estimate of drug-likeness (QED) is 0.0349. The minimum Gasteiger partial charge on any atom is -0.432 e. The van der Waals surface area contributed by atoms with E-state index in [0.717, 1.165) is 24.8 Å². The lowest BCUT2D eigenvalue weighted by atomic mass is 9.32. The molecule has 10 fully saturated rings. The van der Waals surface area contributed by atoms with Crippen LogP contribution in [0.5, 0.6) is 0 Å². The fraction of sp³-hybridized carbons (Fsp3) is 0.949. The molecule has 5 saturated carbocycles. The van der Waals surface area contributed by atoms with E-state index < -0.39 is 183 Å². The van der Waals surface area contributed by atoms with E-state index in [1.54, 1.807) is 0 Å². The van der Waals surface area contributed by atoms with Crippen molar-refractivity contribution in [2.45, 2.75) is 266 Å². The first-order valence-electron chi connectivity index (χ1n) is 30.8. The molecule has 5 saturated heterocycles. The molecule has 0 radical (unpaired) electrons. The summed E-state index contributed by atoms with van der Waals surface area (Å²) in [5, 5.41) is 174. The number of fused-ring (bicyclic) bond motifs is 7. The first-order chi connectivity index (χ1) is 40.3. The van der Waals surface area contributed by atoms with Crippen LogP contribution in [0.4, 0.5) is 0 Å². The Morgan fingerprint density at radius 2 is 1.24 bits per heavy atom. The average Bonchev–Trinajstić information content (AvgIpc) is 1.20. The van der Waals surface area contributed by atoms with Crippen LogP contribution in [0.25, 0.3) is 0 Å². The molecule has 27 heteroatoms. The van der Waals surface area contributed by atoms with Gasteiger partial charge < -0.3 is 129 Å². The van der Waals surface area contributed by atoms with Crippen LogP contribution in [0.15, 0.2) is 12.2 Å². The van der Waals surface area contributed by atoms with E-state index in [9.17, 15) is 81.7 Å². The maximum atomic E-state index is 15.2. The van der Waals surface area contributed by atoms with Crippen LogP contribution in [0, 0.1) is 56.7 Å². The minimum atomic E-state index is -2.95. The van der Waals surface area contributed by atoms with Gasteiger partial charge in [-0.25, -0.2) is 0 Å². The Morgan fingerprint density at radius 1 is 0.593 bits per heavy atom. The highest BCUT2D eigenvalue weighted by atomic mass is 16.9. The Balaban J connectivity index is 0.824. The molecule has 5 heterocycles. The average molecular weight is 1240 g/mol. The van der Waals surface area contributed by atoms with Gasteiger partial charge in [0.2, 0.25) is 6.29 Å². The molecule has 16 N–H and O–H groups in total. The smallest absolute Gasteiger partial charge is 0.314 e. The maximum absolute atomic E-state index is 15.2. The summed E-state index contributed by atoms with van der Waals surface area (Å²) in [7, 11) is 0. The Morgan fingerprint density at radius 3 is 1.92 bits per heavy atom. The molecule has 86 heavy (non-hydrogen) atoms. The molecule has 0 aromatic carbocycles. The molecular weight excluding hydrogens is 1140 g/mol. The third-order valence-electron chi connectivity index (χ3n) is 23.7. The number of aliphatic hydroxyl groups excluding tert-OH is 15. The van der Waals surface area contributed by atoms with Gasteiger partial charge in [-0.1, -0.05) is 39.8 Å². The number of hydrogen-bond donors (Lipinski definition) is 16. The van der Waals surface area contributed by atoms with E-state index in [-0.39, 0.29) is 59.0 Å². The molecule has 0 bridgehead atoms. The highest BCUT2D eigenvalue weighted by molar-refractivity contribution is 5.78. The van der Waals surface area contributed by atoms with E-state index in [4.69, 9.17) is 47.4 Å². The predicted molar refractivity (Wildman–Crippen MR) is 289 cm³/mol. The molecule has 27 nitrogen and oxygen atoms in total. The van der Waals surface area contributed by atoms with E-state index in [1.165, 1.54) is 13.8 Å². The van der Waals surface area contributed by atoms with Crippen LogP contribution in [0.2, 0.25) is 0 Å². The zero-order valence-electron chi connectivity index (χ0n) is 50.0. The molecule has 494 valence electrons. The van der Waals surface area contributed by atoms with Gasteiger partial charge in [0.05, 0.1) is 50.2 Å². The van der Waals surface area contributed by atoms with Gasteiger partial charge in [0.25, 0.3) is 0 Å². The van der Waals surface area contributed by atoms with Gasteiger partial charge >= 0.3 is 11.9 Å². The van der Waals surface area contributed by atoms with Crippen molar-refractivity contribution in [3.8, 4) is 0 Å². The fourth-order valence-corrected chi connectivity index (χ4v) is 18.5. The molecule has 0 amide bonds. The van der Waals surface area contributed by atoms with Gasteiger partial charge in [-0.15, -0.1) is 0 Å². The molecule has 5 aliphatic heterocycles. The highest BCUT2D eigenvalue weighted by Crippen LogP contribution is 2.78. The molecule has 0 aromatic rings. The number of carbonyl (C=O) groups excluding carboxylic acids is 1. The van der Waals surface area contributed by atoms with Crippen molar-refractivity contribution in [1.29, 1.82) is 0 Å². The summed E-state index contributed by atoms with van der Waals surface area (Å²) >= 11 is 0. The number of ether oxygens (including phenoxy) is 10. The zero-order chi connectivity index (χ0) is 62.9. The Bertz CT molecular complexity index is 2390. The van der Waals surface area contributed by atoms with E-state index in [0.29, 0.717) is 44.9 Å². The van der Waals surface area contributed by atoms with Crippen molar-refractivity contribution in [2.24, 2.45) is 56.7 Å². The summed E-state index contributed by atoms with van der Waals surface area (Å²) in [6.45, 7) is 16.0. The SMILES string of the molecule is C=C(C)C1CC[C@]2(C(=O)O[C@@H]3O[C@H](CO[C@@H]4O[C@H](CO)[C@@H](O[C@@H]5O[C@@H](C)[C@H](O)[C@@H](O)[C@H]5O)[C@H](O)[C@H]4O)[C@@H](O)[C@H](O)[C@H]3O)CC[C@]3(C)[C@H](CC[C@@H]4[C@@]5(C)CC[C@H](OC6OC[C@H](O)[C@H](O)[C@H]6O[C@]6(O)O[C@@H](C)[C@H](O)[C@@H](O)[C@H]6O)[C@@](C)(CO)[C@@H]5CC[C@]43C)[C@@H]12. The Kier molecular flexibility index (Phi) is 19.2. The second-order valence-electron chi connectivity index (χ2n) is 28.1. The summed E-state index contributed by atoms with van der Waals surface area (Å²) < 4.78 is 58.8. The van der Waals surface area contributed by atoms with E-state index >= 15 is 4.79 Å². The number of esters is 1. The number of aliphatic hydroxyl groups is 16. The van der Waals surface area contributed by atoms with Gasteiger partial charge in [-0.05, 0) is 131 Å². The van der Waals surface area contributed by atoms with Crippen molar-refractivity contribution < 1.29 is 134 Å². The molecule has 10 rings (SSSR count). The normalized spacial score (nSPS) is 56.6. The second-order valence-corrected chi connectivity index (χ2v) is 28.1. The lowest BCUT2D eigenvalue weighted by Gasteiger charge is -2.73. The van der Waals surface area contributed by atoms with Gasteiger partial charge in [-0.2, -0.15) is 0 Å². The molecule has 5 aliphatic carbocycles. The first-order valence-corrected chi connectivity index (χ1v) is 30.8. The largest absolute Gasteiger partial charge is 0.432 e. The molecular formula is C59H96O27. The van der Waals surface area contributed by atoms with E-state index in [2.05, 4.69) is 27.4 Å². The summed E-state index contributed by atoms with van der Waals surface area (Å²) in [5.41, 5.74) is -2.01.